The second-order valence-corrected chi connectivity index (χ2v) is 14.1. The molecule has 1 unspecified atom stereocenters. The number of hydrogen-bond acceptors (Lipinski definition) is 10. The number of rotatable bonds is 13. The molecule has 266 valence electrons. The fourth-order valence-corrected chi connectivity index (χ4v) is 7.90. The van der Waals surface area contributed by atoms with Gasteiger partial charge in [-0.2, -0.15) is 4.31 Å². The number of aliphatic hydroxyl groups is 1. The Morgan fingerprint density at radius 1 is 0.750 bits per heavy atom. The molecule has 0 amide bonds. The van der Waals surface area contributed by atoms with Gasteiger partial charge >= 0.3 is 0 Å². The SMILES string of the molecule is COc1ccc(CN(Cc2ccc(OC)cc2)S(=O)(=O)c2cccc(-c3cccc4c3OCC4O)c2-c2nnnn2Cc2ccc(OC)cc2)cc1. The first-order valence-corrected chi connectivity index (χ1v) is 18.0. The van der Waals surface area contributed by atoms with E-state index in [1.165, 1.54) is 4.31 Å². The Kier molecular flexibility index (Phi) is 9.90. The van der Waals surface area contributed by atoms with Crippen molar-refractivity contribution in [2.45, 2.75) is 30.6 Å². The first-order chi connectivity index (χ1) is 25.3. The lowest BCUT2D eigenvalue weighted by Gasteiger charge is -2.25. The molecule has 1 aromatic heterocycles. The standard InChI is InChI=1S/C39H37N5O7S/c1-48-29-16-10-26(11-17-29)22-43(23-27-12-18-30(49-2)19-13-27)52(46,47)36-9-5-6-32(33-7-4-8-34-35(45)25-51-38(33)34)37(36)39-40-41-42-44(39)24-28-14-20-31(50-3)21-15-28/h4-21,35,45H,22-25H2,1-3H3. The van der Waals surface area contributed by atoms with E-state index in [0.29, 0.717) is 45.3 Å². The van der Waals surface area contributed by atoms with Gasteiger partial charge in [-0.15, -0.1) is 5.10 Å². The van der Waals surface area contributed by atoms with Crippen LogP contribution in [-0.4, -0.2) is 66.0 Å². The highest BCUT2D eigenvalue weighted by molar-refractivity contribution is 7.89. The maximum atomic E-state index is 15.2. The van der Waals surface area contributed by atoms with Gasteiger partial charge in [0.15, 0.2) is 5.82 Å². The van der Waals surface area contributed by atoms with Crippen molar-refractivity contribution in [3.63, 3.8) is 0 Å². The van der Waals surface area contributed by atoms with Crippen LogP contribution in [0.2, 0.25) is 0 Å². The normalized spacial score (nSPS) is 13.8. The number of para-hydroxylation sites is 1. The zero-order chi connectivity index (χ0) is 36.2. The van der Waals surface area contributed by atoms with Crippen molar-refractivity contribution < 1.29 is 32.5 Å². The van der Waals surface area contributed by atoms with Gasteiger partial charge in [0.1, 0.15) is 35.7 Å². The molecule has 0 saturated heterocycles. The number of fused-ring (bicyclic) bond motifs is 1. The molecule has 1 N–H and O–H groups in total. The van der Waals surface area contributed by atoms with Crippen LogP contribution in [0, 0.1) is 0 Å². The summed E-state index contributed by atoms with van der Waals surface area (Å²) in [5.41, 5.74) is 4.47. The lowest BCUT2D eigenvalue weighted by Crippen LogP contribution is -2.31. The zero-order valence-corrected chi connectivity index (χ0v) is 29.7. The third-order valence-electron chi connectivity index (χ3n) is 9.01. The van der Waals surface area contributed by atoms with Crippen LogP contribution < -0.4 is 18.9 Å². The summed E-state index contributed by atoms with van der Waals surface area (Å²) in [6.45, 7) is 0.472. The highest BCUT2D eigenvalue weighted by atomic mass is 32.2. The average Bonchev–Trinajstić information content (AvgIpc) is 3.81. The molecule has 13 heteroatoms. The predicted molar refractivity (Wildman–Crippen MR) is 194 cm³/mol. The molecular weight excluding hydrogens is 683 g/mol. The van der Waals surface area contributed by atoms with Crippen LogP contribution in [0.4, 0.5) is 0 Å². The van der Waals surface area contributed by atoms with Crippen molar-refractivity contribution in [3.8, 4) is 45.5 Å². The van der Waals surface area contributed by atoms with Gasteiger partial charge in [-0.1, -0.05) is 66.7 Å². The molecule has 0 radical (unpaired) electrons. The van der Waals surface area contributed by atoms with Crippen molar-refractivity contribution in [2.24, 2.45) is 0 Å². The Hall–Kier alpha value is -5.76. The Balaban J connectivity index is 1.40. The summed E-state index contributed by atoms with van der Waals surface area (Å²) in [5.74, 6) is 2.75. The third-order valence-corrected chi connectivity index (χ3v) is 10.8. The minimum Gasteiger partial charge on any atom is -0.497 e. The van der Waals surface area contributed by atoms with Gasteiger partial charge in [0.05, 0.1) is 32.8 Å². The van der Waals surface area contributed by atoms with Gasteiger partial charge < -0.3 is 24.1 Å². The Labute approximate surface area is 301 Å². The van der Waals surface area contributed by atoms with E-state index >= 15 is 8.42 Å². The molecule has 52 heavy (non-hydrogen) atoms. The molecular formula is C39H37N5O7S. The van der Waals surface area contributed by atoms with Crippen molar-refractivity contribution >= 4 is 10.0 Å². The van der Waals surface area contributed by atoms with Crippen LogP contribution >= 0.6 is 0 Å². The monoisotopic (exact) mass is 719 g/mol. The second kappa shape index (κ2) is 14.8. The van der Waals surface area contributed by atoms with Gasteiger partial charge in [0.2, 0.25) is 10.0 Å². The van der Waals surface area contributed by atoms with Crippen LogP contribution in [0.25, 0.3) is 22.5 Å². The number of benzene rings is 5. The van der Waals surface area contributed by atoms with E-state index in [1.54, 1.807) is 68.5 Å². The maximum absolute atomic E-state index is 15.2. The molecule has 5 aromatic carbocycles. The van der Waals surface area contributed by atoms with Crippen LogP contribution in [0.3, 0.4) is 0 Å². The highest BCUT2D eigenvalue weighted by Gasteiger charge is 2.34. The van der Waals surface area contributed by atoms with E-state index in [9.17, 15) is 5.11 Å². The van der Waals surface area contributed by atoms with Crippen molar-refractivity contribution in [1.29, 1.82) is 0 Å². The quantitative estimate of drug-likeness (QED) is 0.154. The van der Waals surface area contributed by atoms with Crippen molar-refractivity contribution in [1.82, 2.24) is 24.5 Å². The first-order valence-electron chi connectivity index (χ1n) is 16.5. The Bertz CT molecular complexity index is 2230. The summed E-state index contributed by atoms with van der Waals surface area (Å²) in [4.78, 5) is 0.00829. The summed E-state index contributed by atoms with van der Waals surface area (Å²) in [6.07, 6.45) is -0.810. The minimum absolute atomic E-state index is 0.00829. The van der Waals surface area contributed by atoms with E-state index in [1.807, 2.05) is 66.7 Å². The smallest absolute Gasteiger partial charge is 0.244 e. The largest absolute Gasteiger partial charge is 0.497 e. The molecule has 0 spiro atoms. The van der Waals surface area contributed by atoms with E-state index < -0.39 is 16.1 Å². The summed E-state index contributed by atoms with van der Waals surface area (Å²) in [6, 6.07) is 32.6. The summed E-state index contributed by atoms with van der Waals surface area (Å²) in [5, 5.41) is 23.4. The number of aliphatic hydroxyl groups excluding tert-OH is 1. The van der Waals surface area contributed by atoms with E-state index in [2.05, 4.69) is 15.5 Å². The van der Waals surface area contributed by atoms with E-state index in [0.717, 1.165) is 16.7 Å². The topological polar surface area (TPSA) is 138 Å². The number of hydrogen-bond donors (Lipinski definition) is 1. The van der Waals surface area contributed by atoms with Crippen molar-refractivity contribution in [3.05, 3.63) is 131 Å². The molecule has 1 aliphatic heterocycles. The van der Waals surface area contributed by atoms with Gasteiger partial charge in [0, 0.05) is 29.8 Å². The lowest BCUT2D eigenvalue weighted by molar-refractivity contribution is 0.140. The number of tetrazole rings is 1. The number of methoxy groups -OCH3 is 3. The Morgan fingerprint density at radius 2 is 1.29 bits per heavy atom. The minimum atomic E-state index is -4.28. The third kappa shape index (κ3) is 6.93. The number of nitrogens with zero attached hydrogens (tertiary/aromatic N) is 5. The van der Waals surface area contributed by atoms with Crippen LogP contribution in [0.1, 0.15) is 28.4 Å². The fourth-order valence-electron chi connectivity index (χ4n) is 6.27. The first kappa shape index (κ1) is 34.7. The number of ether oxygens (including phenoxy) is 4. The van der Waals surface area contributed by atoms with Gasteiger partial charge in [-0.05, 0) is 75.1 Å². The lowest BCUT2D eigenvalue weighted by atomic mass is 9.95. The zero-order valence-electron chi connectivity index (χ0n) is 28.8. The molecule has 0 bridgehead atoms. The molecule has 1 atom stereocenters. The van der Waals surface area contributed by atoms with Crippen LogP contribution in [0.15, 0.2) is 114 Å². The average molecular weight is 720 g/mol. The van der Waals surface area contributed by atoms with Crippen molar-refractivity contribution in [2.75, 3.05) is 27.9 Å². The predicted octanol–water partition coefficient (Wildman–Crippen LogP) is 5.90. The molecule has 0 aliphatic carbocycles. The second-order valence-electron chi connectivity index (χ2n) is 12.2. The van der Waals surface area contributed by atoms with E-state index in [4.69, 9.17) is 18.9 Å². The molecule has 12 nitrogen and oxygen atoms in total. The molecule has 1 aliphatic rings. The molecule has 0 saturated carbocycles. The highest BCUT2D eigenvalue weighted by Crippen LogP contribution is 2.45. The Morgan fingerprint density at radius 3 is 1.87 bits per heavy atom. The summed E-state index contributed by atoms with van der Waals surface area (Å²) >= 11 is 0. The summed E-state index contributed by atoms with van der Waals surface area (Å²) in [7, 11) is 0.483. The van der Waals surface area contributed by atoms with Gasteiger partial charge in [0.25, 0.3) is 0 Å². The summed E-state index contributed by atoms with van der Waals surface area (Å²) < 4.78 is 55.5. The molecule has 0 fully saturated rings. The fraction of sp³-hybridized carbons (Fsp3) is 0.205. The van der Waals surface area contributed by atoms with E-state index in [-0.39, 0.29) is 37.0 Å². The number of sulfonamides is 1. The van der Waals surface area contributed by atoms with Crippen LogP contribution in [-0.2, 0) is 29.7 Å². The number of aromatic nitrogens is 4. The van der Waals surface area contributed by atoms with Gasteiger partial charge in [-0.3, -0.25) is 0 Å². The molecule has 6 aromatic rings. The molecule has 2 heterocycles. The van der Waals surface area contributed by atoms with Crippen LogP contribution in [0.5, 0.6) is 23.0 Å². The molecule has 7 rings (SSSR count). The van der Waals surface area contributed by atoms with Gasteiger partial charge in [-0.25, -0.2) is 13.1 Å². The maximum Gasteiger partial charge on any atom is 0.244 e.